The predicted octanol–water partition coefficient (Wildman–Crippen LogP) is 0.830. The maximum Gasteiger partial charge on any atom is 0.323 e. The third-order valence-corrected chi connectivity index (χ3v) is 2.52. The summed E-state index contributed by atoms with van der Waals surface area (Å²) in [4.78, 5) is 25.0. The van der Waals surface area contributed by atoms with Gasteiger partial charge in [-0.2, -0.15) is 0 Å². The molecule has 0 aromatic heterocycles. The Morgan fingerprint density at radius 2 is 1.65 bits per heavy atom. The quantitative estimate of drug-likeness (QED) is 0.462. The topological polar surface area (TPSA) is 55.8 Å². The number of terminal acetylenes is 2. The van der Waals surface area contributed by atoms with Crippen LogP contribution in [0.1, 0.15) is 26.7 Å². The zero-order chi connectivity index (χ0) is 15.4. The van der Waals surface area contributed by atoms with Crippen LogP contribution in [-0.2, 0) is 19.1 Å². The highest BCUT2D eigenvalue weighted by Crippen LogP contribution is 2.10. The van der Waals surface area contributed by atoms with Gasteiger partial charge in [-0.3, -0.25) is 14.5 Å². The lowest BCUT2D eigenvalue weighted by atomic mass is 10.1. The molecule has 0 aliphatic rings. The van der Waals surface area contributed by atoms with Crippen molar-refractivity contribution in [3.05, 3.63) is 0 Å². The predicted molar refractivity (Wildman–Crippen MR) is 75.5 cm³/mol. The van der Waals surface area contributed by atoms with E-state index in [9.17, 15) is 9.59 Å². The Hall–Kier alpha value is -1.98. The number of ether oxygens (including phenoxy) is 2. The number of hydrogen-bond donors (Lipinski definition) is 0. The van der Waals surface area contributed by atoms with Gasteiger partial charge in [0, 0.05) is 6.42 Å². The molecular weight excluding hydrogens is 258 g/mol. The molecule has 0 rings (SSSR count). The molecular formula is C15H21NO4. The van der Waals surface area contributed by atoms with Crippen LogP contribution in [0.5, 0.6) is 0 Å². The summed E-state index contributed by atoms with van der Waals surface area (Å²) >= 11 is 0. The molecule has 0 aromatic carbocycles. The van der Waals surface area contributed by atoms with Gasteiger partial charge in [0.05, 0.1) is 26.3 Å². The van der Waals surface area contributed by atoms with Gasteiger partial charge in [-0.1, -0.05) is 11.8 Å². The monoisotopic (exact) mass is 279 g/mol. The Bertz CT molecular complexity index is 376. The Morgan fingerprint density at radius 1 is 1.10 bits per heavy atom. The van der Waals surface area contributed by atoms with Crippen molar-refractivity contribution >= 4 is 11.9 Å². The standard InChI is InChI=1S/C15H21NO4/c1-5-11-16(12-6-2)13(15(18)20-8-4)9-10-14(17)19-7-3/h1-2,13H,7-12H2,3-4H3/t13-/m0/s1. The first-order valence-electron chi connectivity index (χ1n) is 6.53. The minimum absolute atomic E-state index is 0.114. The van der Waals surface area contributed by atoms with Crippen LogP contribution in [0.15, 0.2) is 0 Å². The molecule has 0 amide bonds. The zero-order valence-corrected chi connectivity index (χ0v) is 12.1. The smallest absolute Gasteiger partial charge is 0.323 e. The molecule has 0 aliphatic carbocycles. The molecule has 1 atom stereocenters. The summed E-state index contributed by atoms with van der Waals surface area (Å²) < 4.78 is 9.84. The molecule has 0 fully saturated rings. The number of carbonyl (C=O) groups excluding carboxylic acids is 2. The van der Waals surface area contributed by atoms with Gasteiger partial charge in [-0.15, -0.1) is 12.8 Å². The summed E-state index contributed by atoms with van der Waals surface area (Å²) in [5.74, 6) is 4.11. The van der Waals surface area contributed by atoms with E-state index in [4.69, 9.17) is 22.3 Å². The van der Waals surface area contributed by atoms with Crippen LogP contribution in [0.4, 0.5) is 0 Å². The highest BCUT2D eigenvalue weighted by molar-refractivity contribution is 5.77. The van der Waals surface area contributed by atoms with E-state index in [-0.39, 0.29) is 38.5 Å². The van der Waals surface area contributed by atoms with E-state index in [2.05, 4.69) is 11.8 Å². The van der Waals surface area contributed by atoms with E-state index >= 15 is 0 Å². The zero-order valence-electron chi connectivity index (χ0n) is 12.1. The highest BCUT2D eigenvalue weighted by atomic mass is 16.5. The summed E-state index contributed by atoms with van der Waals surface area (Å²) in [5.41, 5.74) is 0. The summed E-state index contributed by atoms with van der Waals surface area (Å²) in [5, 5.41) is 0. The molecule has 20 heavy (non-hydrogen) atoms. The lowest BCUT2D eigenvalue weighted by molar-refractivity contribution is -0.150. The Morgan fingerprint density at radius 3 is 2.10 bits per heavy atom. The van der Waals surface area contributed by atoms with Gasteiger partial charge in [0.15, 0.2) is 0 Å². The average molecular weight is 279 g/mol. The van der Waals surface area contributed by atoms with Gasteiger partial charge >= 0.3 is 11.9 Å². The number of nitrogens with zero attached hydrogens (tertiary/aromatic N) is 1. The first kappa shape index (κ1) is 18.0. The number of carbonyl (C=O) groups is 2. The van der Waals surface area contributed by atoms with Crippen LogP contribution in [0.3, 0.4) is 0 Å². The van der Waals surface area contributed by atoms with Crippen LogP contribution in [0, 0.1) is 24.7 Å². The fraction of sp³-hybridized carbons (Fsp3) is 0.600. The molecule has 0 spiro atoms. The minimum Gasteiger partial charge on any atom is -0.466 e. The lowest BCUT2D eigenvalue weighted by Gasteiger charge is -2.26. The largest absolute Gasteiger partial charge is 0.466 e. The van der Waals surface area contributed by atoms with Gasteiger partial charge in [-0.05, 0) is 20.3 Å². The third-order valence-electron chi connectivity index (χ3n) is 2.52. The van der Waals surface area contributed by atoms with Crippen LogP contribution in [0.25, 0.3) is 0 Å². The van der Waals surface area contributed by atoms with Crippen molar-refractivity contribution in [2.45, 2.75) is 32.7 Å². The second-order valence-corrected chi connectivity index (χ2v) is 3.92. The molecule has 0 radical (unpaired) electrons. The number of rotatable bonds is 9. The number of hydrogen-bond acceptors (Lipinski definition) is 5. The van der Waals surface area contributed by atoms with Crippen LogP contribution >= 0.6 is 0 Å². The van der Waals surface area contributed by atoms with Gasteiger partial charge in [0.2, 0.25) is 0 Å². The number of esters is 2. The van der Waals surface area contributed by atoms with Crippen molar-refractivity contribution in [3.63, 3.8) is 0 Å². The van der Waals surface area contributed by atoms with Gasteiger partial charge in [0.25, 0.3) is 0 Å². The van der Waals surface area contributed by atoms with Crippen molar-refractivity contribution in [2.24, 2.45) is 0 Å². The summed E-state index contributed by atoms with van der Waals surface area (Å²) in [6, 6.07) is -0.633. The van der Waals surface area contributed by atoms with Gasteiger partial charge in [0.1, 0.15) is 6.04 Å². The minimum atomic E-state index is -0.633. The Labute approximate surface area is 120 Å². The summed E-state index contributed by atoms with van der Waals surface area (Å²) in [6.07, 6.45) is 10.9. The van der Waals surface area contributed by atoms with E-state index in [1.54, 1.807) is 18.7 Å². The fourth-order valence-electron chi connectivity index (χ4n) is 1.69. The van der Waals surface area contributed by atoms with Crippen LogP contribution in [-0.4, -0.2) is 49.2 Å². The maximum absolute atomic E-state index is 12.0. The fourth-order valence-corrected chi connectivity index (χ4v) is 1.69. The van der Waals surface area contributed by atoms with E-state index in [1.807, 2.05) is 0 Å². The van der Waals surface area contributed by atoms with Crippen molar-refractivity contribution < 1.29 is 19.1 Å². The summed E-state index contributed by atoms with van der Waals surface area (Å²) in [7, 11) is 0. The van der Waals surface area contributed by atoms with Crippen molar-refractivity contribution in [2.75, 3.05) is 26.3 Å². The highest BCUT2D eigenvalue weighted by Gasteiger charge is 2.27. The molecule has 0 heterocycles. The molecule has 0 saturated heterocycles. The maximum atomic E-state index is 12.0. The molecule has 5 heteroatoms. The van der Waals surface area contributed by atoms with E-state index < -0.39 is 12.0 Å². The van der Waals surface area contributed by atoms with Crippen molar-refractivity contribution in [1.82, 2.24) is 4.90 Å². The van der Waals surface area contributed by atoms with E-state index in [0.29, 0.717) is 6.61 Å². The Kier molecular flexibility index (Phi) is 9.82. The molecule has 0 aromatic rings. The third kappa shape index (κ3) is 6.82. The van der Waals surface area contributed by atoms with E-state index in [1.165, 1.54) is 0 Å². The first-order valence-corrected chi connectivity index (χ1v) is 6.53. The normalized spacial score (nSPS) is 11.2. The van der Waals surface area contributed by atoms with Gasteiger partial charge < -0.3 is 9.47 Å². The average Bonchev–Trinajstić information content (AvgIpc) is 2.40. The lowest BCUT2D eigenvalue weighted by Crippen LogP contribution is -2.43. The Balaban J connectivity index is 4.78. The molecule has 0 bridgehead atoms. The van der Waals surface area contributed by atoms with Crippen LogP contribution < -0.4 is 0 Å². The summed E-state index contributed by atoms with van der Waals surface area (Å²) in [6.45, 7) is 4.44. The molecule has 0 saturated carbocycles. The van der Waals surface area contributed by atoms with Gasteiger partial charge in [-0.25, -0.2) is 0 Å². The molecule has 0 N–H and O–H groups in total. The molecule has 5 nitrogen and oxygen atoms in total. The first-order chi connectivity index (χ1) is 9.60. The van der Waals surface area contributed by atoms with Crippen LogP contribution in [0.2, 0.25) is 0 Å². The second-order valence-electron chi connectivity index (χ2n) is 3.92. The molecule has 0 unspecified atom stereocenters. The SMILES string of the molecule is C#CCN(CC#C)[C@@H](CCC(=O)OCC)C(=O)OCC. The molecule has 0 aliphatic heterocycles. The molecule has 110 valence electrons. The van der Waals surface area contributed by atoms with Crippen molar-refractivity contribution in [1.29, 1.82) is 0 Å². The second kappa shape index (κ2) is 10.9. The van der Waals surface area contributed by atoms with Crippen molar-refractivity contribution in [3.8, 4) is 24.7 Å². The van der Waals surface area contributed by atoms with E-state index in [0.717, 1.165) is 0 Å².